The molecule has 0 aliphatic heterocycles. The molecule has 2 rings (SSSR count). The Morgan fingerprint density at radius 2 is 1.57 bits per heavy atom. The Balaban J connectivity index is 2.32. The zero-order chi connectivity index (χ0) is 16.9. The van der Waals surface area contributed by atoms with Gasteiger partial charge in [-0.2, -0.15) is 0 Å². The number of rotatable bonds is 7. The fourth-order valence-electron chi connectivity index (χ4n) is 3.15. The third kappa shape index (κ3) is 4.18. The largest absolute Gasteiger partial charge is 0.379 e. The van der Waals surface area contributed by atoms with E-state index in [4.69, 9.17) is 0 Å². The maximum Gasteiger partial charge on any atom is 0.133 e. The fraction of sp³-hybridized carbons (Fsp3) is 0.450. The van der Waals surface area contributed by atoms with Crippen LogP contribution in [0.5, 0.6) is 0 Å². The Morgan fingerprint density at radius 1 is 0.957 bits per heavy atom. The number of hydrogen-bond donors (Lipinski definition) is 1. The van der Waals surface area contributed by atoms with Gasteiger partial charge in [0.25, 0.3) is 0 Å². The molecule has 0 bridgehead atoms. The van der Waals surface area contributed by atoms with E-state index in [1.165, 1.54) is 0 Å². The summed E-state index contributed by atoms with van der Waals surface area (Å²) in [5.41, 5.74) is 0.537. The first kappa shape index (κ1) is 17.6. The smallest absolute Gasteiger partial charge is 0.133 e. The molecule has 124 valence electrons. The highest BCUT2D eigenvalue weighted by atomic mass is 16.3. The van der Waals surface area contributed by atoms with E-state index in [0.717, 1.165) is 12.1 Å². The monoisotopic (exact) mass is 312 g/mol. The van der Waals surface area contributed by atoms with Crippen LogP contribution in [0.1, 0.15) is 45.4 Å². The molecule has 0 fully saturated rings. The van der Waals surface area contributed by atoms with Gasteiger partial charge in [-0.05, 0) is 51.8 Å². The van der Waals surface area contributed by atoms with Crippen molar-refractivity contribution < 1.29 is 5.11 Å². The van der Waals surface area contributed by atoms with Crippen LogP contribution in [-0.4, -0.2) is 33.6 Å². The normalized spacial score (nSPS) is 14.4. The molecule has 0 aliphatic carbocycles. The van der Waals surface area contributed by atoms with E-state index in [9.17, 15) is 5.11 Å². The van der Waals surface area contributed by atoms with E-state index in [1.54, 1.807) is 6.20 Å². The molecule has 0 aliphatic rings. The van der Waals surface area contributed by atoms with Crippen LogP contribution in [-0.2, 0) is 5.60 Å². The standard InChI is InChI=1S/C20H28N2O/c1-16(2)22(17(3)4)15-13-20(23,18-10-6-5-7-11-18)19-12-8-9-14-21-19/h5-12,14,16-17,23H,13,15H2,1-4H3/t20-/m1/s1. The topological polar surface area (TPSA) is 36.4 Å². The first-order chi connectivity index (χ1) is 10.9. The maximum atomic E-state index is 11.5. The highest BCUT2D eigenvalue weighted by Crippen LogP contribution is 2.32. The first-order valence-corrected chi connectivity index (χ1v) is 8.40. The molecule has 2 aromatic rings. The summed E-state index contributed by atoms with van der Waals surface area (Å²) in [5, 5.41) is 11.5. The Hall–Kier alpha value is -1.71. The molecular weight excluding hydrogens is 284 g/mol. The van der Waals surface area contributed by atoms with Gasteiger partial charge in [0.15, 0.2) is 0 Å². The summed E-state index contributed by atoms with van der Waals surface area (Å²) in [6.45, 7) is 9.60. The average Bonchev–Trinajstić information content (AvgIpc) is 2.55. The van der Waals surface area contributed by atoms with Gasteiger partial charge < -0.3 is 5.11 Å². The zero-order valence-electron chi connectivity index (χ0n) is 14.6. The average molecular weight is 312 g/mol. The van der Waals surface area contributed by atoms with Crippen LogP contribution in [0, 0.1) is 0 Å². The fourth-order valence-corrected chi connectivity index (χ4v) is 3.15. The van der Waals surface area contributed by atoms with Crippen molar-refractivity contribution in [1.29, 1.82) is 0 Å². The van der Waals surface area contributed by atoms with Gasteiger partial charge >= 0.3 is 0 Å². The molecule has 0 spiro atoms. The number of nitrogens with zero attached hydrogens (tertiary/aromatic N) is 2. The van der Waals surface area contributed by atoms with Gasteiger partial charge in [-0.3, -0.25) is 9.88 Å². The highest BCUT2D eigenvalue weighted by Gasteiger charge is 2.33. The van der Waals surface area contributed by atoms with Gasteiger partial charge in [0.1, 0.15) is 5.60 Å². The summed E-state index contributed by atoms with van der Waals surface area (Å²) >= 11 is 0. The van der Waals surface area contributed by atoms with Gasteiger partial charge in [0, 0.05) is 24.8 Å². The van der Waals surface area contributed by atoms with E-state index in [2.05, 4.69) is 37.6 Å². The lowest BCUT2D eigenvalue weighted by Gasteiger charge is -2.35. The predicted octanol–water partition coefficient (Wildman–Crippen LogP) is 3.83. The molecule has 0 saturated carbocycles. The Morgan fingerprint density at radius 3 is 2.09 bits per heavy atom. The highest BCUT2D eigenvalue weighted by molar-refractivity contribution is 5.32. The first-order valence-electron chi connectivity index (χ1n) is 8.40. The van der Waals surface area contributed by atoms with Crippen molar-refractivity contribution in [2.75, 3.05) is 6.54 Å². The number of aromatic nitrogens is 1. The molecule has 1 aromatic heterocycles. The lowest BCUT2D eigenvalue weighted by molar-refractivity contribution is 0.0429. The summed E-state index contributed by atoms with van der Waals surface area (Å²) in [6.07, 6.45) is 2.36. The third-order valence-electron chi connectivity index (χ3n) is 4.40. The molecule has 1 heterocycles. The van der Waals surface area contributed by atoms with Crippen molar-refractivity contribution in [1.82, 2.24) is 9.88 Å². The summed E-state index contributed by atoms with van der Waals surface area (Å²) in [5.74, 6) is 0. The van der Waals surface area contributed by atoms with Crippen LogP contribution in [0.2, 0.25) is 0 Å². The quantitative estimate of drug-likeness (QED) is 0.844. The minimum atomic E-state index is -1.06. The van der Waals surface area contributed by atoms with Gasteiger partial charge in [-0.15, -0.1) is 0 Å². The second kappa shape index (κ2) is 7.71. The third-order valence-corrected chi connectivity index (χ3v) is 4.40. The Labute approximate surface area is 140 Å². The van der Waals surface area contributed by atoms with Crippen LogP contribution in [0.15, 0.2) is 54.7 Å². The molecule has 3 heteroatoms. The van der Waals surface area contributed by atoms with E-state index in [-0.39, 0.29) is 0 Å². The van der Waals surface area contributed by atoms with Crippen LogP contribution >= 0.6 is 0 Å². The van der Waals surface area contributed by atoms with E-state index in [0.29, 0.717) is 24.2 Å². The summed E-state index contributed by atoms with van der Waals surface area (Å²) in [4.78, 5) is 6.83. The van der Waals surface area contributed by atoms with Crippen molar-refractivity contribution in [3.63, 3.8) is 0 Å². The van der Waals surface area contributed by atoms with E-state index in [1.807, 2.05) is 48.5 Å². The van der Waals surface area contributed by atoms with Crippen LogP contribution in [0.3, 0.4) is 0 Å². The molecule has 0 radical (unpaired) electrons. The SMILES string of the molecule is CC(C)N(CC[C@@](O)(c1ccccc1)c1ccccn1)C(C)C. The van der Waals surface area contributed by atoms with Crippen LogP contribution in [0.4, 0.5) is 0 Å². The lowest BCUT2D eigenvalue weighted by Crippen LogP contribution is -2.41. The number of pyridine rings is 1. The number of benzene rings is 1. The second-order valence-electron chi connectivity index (χ2n) is 6.62. The molecule has 1 atom stereocenters. The molecule has 0 saturated heterocycles. The molecular formula is C20H28N2O. The van der Waals surface area contributed by atoms with Crippen molar-refractivity contribution in [2.45, 2.75) is 51.8 Å². The second-order valence-corrected chi connectivity index (χ2v) is 6.62. The Kier molecular flexibility index (Phi) is 5.91. The summed E-state index contributed by atoms with van der Waals surface area (Å²) in [7, 11) is 0. The molecule has 3 nitrogen and oxygen atoms in total. The van der Waals surface area contributed by atoms with Gasteiger partial charge in [-0.25, -0.2) is 0 Å². The number of aliphatic hydroxyl groups is 1. The van der Waals surface area contributed by atoms with Gasteiger partial charge in [-0.1, -0.05) is 36.4 Å². The summed E-state index contributed by atoms with van der Waals surface area (Å²) in [6, 6.07) is 16.4. The van der Waals surface area contributed by atoms with E-state index < -0.39 is 5.60 Å². The minimum Gasteiger partial charge on any atom is -0.379 e. The summed E-state index contributed by atoms with van der Waals surface area (Å²) < 4.78 is 0. The lowest BCUT2D eigenvalue weighted by atomic mass is 9.86. The minimum absolute atomic E-state index is 0.443. The van der Waals surface area contributed by atoms with E-state index >= 15 is 0 Å². The molecule has 0 unspecified atom stereocenters. The predicted molar refractivity (Wildman–Crippen MR) is 95.3 cm³/mol. The molecule has 1 N–H and O–H groups in total. The number of hydrogen-bond acceptors (Lipinski definition) is 3. The van der Waals surface area contributed by atoms with Gasteiger partial charge in [0.05, 0.1) is 5.69 Å². The van der Waals surface area contributed by atoms with Crippen molar-refractivity contribution in [3.05, 3.63) is 66.0 Å². The molecule has 0 amide bonds. The Bertz CT molecular complexity index is 534. The van der Waals surface area contributed by atoms with Crippen molar-refractivity contribution >= 4 is 0 Å². The van der Waals surface area contributed by atoms with Crippen molar-refractivity contribution in [3.8, 4) is 0 Å². The molecule has 23 heavy (non-hydrogen) atoms. The maximum absolute atomic E-state index is 11.5. The van der Waals surface area contributed by atoms with Crippen LogP contribution < -0.4 is 0 Å². The van der Waals surface area contributed by atoms with Crippen LogP contribution in [0.25, 0.3) is 0 Å². The zero-order valence-corrected chi connectivity index (χ0v) is 14.6. The van der Waals surface area contributed by atoms with Gasteiger partial charge in [0.2, 0.25) is 0 Å². The molecule has 1 aromatic carbocycles. The van der Waals surface area contributed by atoms with Crippen molar-refractivity contribution in [2.24, 2.45) is 0 Å².